The van der Waals surface area contributed by atoms with E-state index in [-0.39, 0.29) is 24.4 Å². The topological polar surface area (TPSA) is 70.2 Å². The van der Waals surface area contributed by atoms with Crippen molar-refractivity contribution in [1.29, 1.82) is 0 Å². The van der Waals surface area contributed by atoms with Crippen LogP contribution in [-0.2, 0) is 4.79 Å². The number of hydrogen-bond donors (Lipinski definition) is 3. The van der Waals surface area contributed by atoms with Crippen molar-refractivity contribution in [1.82, 2.24) is 5.32 Å². The summed E-state index contributed by atoms with van der Waals surface area (Å²) < 4.78 is 0. The molecule has 0 aliphatic heterocycles. The monoisotopic (exact) mass is 387 g/mol. The fourth-order valence-electron chi connectivity index (χ4n) is 3.07. The molecule has 1 unspecified atom stereocenters. The molecule has 5 nitrogen and oxygen atoms in total. The first-order valence-electron chi connectivity index (χ1n) is 9.70. The summed E-state index contributed by atoms with van der Waals surface area (Å²) in [6.45, 7) is 2.29. The molecule has 0 fully saturated rings. The first-order chi connectivity index (χ1) is 14.2. The fraction of sp³-hybridized carbons (Fsp3) is 0.167. The minimum atomic E-state index is -0.190. The fourth-order valence-corrected chi connectivity index (χ4v) is 3.07. The van der Waals surface area contributed by atoms with Gasteiger partial charge in [0.2, 0.25) is 5.91 Å². The highest BCUT2D eigenvalue weighted by Gasteiger charge is 2.11. The Hall–Kier alpha value is -3.44. The van der Waals surface area contributed by atoms with E-state index in [2.05, 4.69) is 35.0 Å². The maximum atomic E-state index is 12.4. The average molecular weight is 387 g/mol. The summed E-state index contributed by atoms with van der Waals surface area (Å²) in [5.74, 6) is -0.324. The maximum absolute atomic E-state index is 12.4. The smallest absolute Gasteiger partial charge is 0.255 e. The highest BCUT2D eigenvalue weighted by atomic mass is 16.2. The van der Waals surface area contributed by atoms with Crippen LogP contribution in [0.1, 0.15) is 35.3 Å². The molecule has 2 amide bonds. The van der Waals surface area contributed by atoms with Crippen molar-refractivity contribution in [2.24, 2.45) is 0 Å². The first-order valence-corrected chi connectivity index (χ1v) is 9.70. The van der Waals surface area contributed by atoms with Gasteiger partial charge < -0.3 is 16.0 Å². The van der Waals surface area contributed by atoms with E-state index in [9.17, 15) is 9.59 Å². The van der Waals surface area contributed by atoms with Crippen LogP contribution in [0, 0.1) is 0 Å². The summed E-state index contributed by atoms with van der Waals surface area (Å²) in [6.07, 6.45) is 0.887. The van der Waals surface area contributed by atoms with Gasteiger partial charge in [-0.2, -0.15) is 0 Å². The Balaban J connectivity index is 1.55. The summed E-state index contributed by atoms with van der Waals surface area (Å²) in [7, 11) is 0. The molecule has 0 aliphatic rings. The van der Waals surface area contributed by atoms with Gasteiger partial charge in [0.25, 0.3) is 5.91 Å². The van der Waals surface area contributed by atoms with E-state index < -0.39 is 0 Å². The van der Waals surface area contributed by atoms with Crippen LogP contribution in [0.5, 0.6) is 0 Å². The van der Waals surface area contributed by atoms with Gasteiger partial charge in [-0.1, -0.05) is 61.5 Å². The van der Waals surface area contributed by atoms with Gasteiger partial charge >= 0.3 is 0 Å². The molecule has 0 saturated carbocycles. The van der Waals surface area contributed by atoms with Gasteiger partial charge in [0, 0.05) is 23.0 Å². The molecule has 3 rings (SSSR count). The van der Waals surface area contributed by atoms with Crippen molar-refractivity contribution < 1.29 is 9.59 Å². The summed E-state index contributed by atoms with van der Waals surface area (Å²) >= 11 is 0. The summed E-state index contributed by atoms with van der Waals surface area (Å²) in [6, 6.07) is 26.3. The standard InChI is InChI=1S/C24H25N3O2/c1-2-22(18-10-5-3-6-11-18)25-17-23(28)26-20-14-9-15-21(16-20)27-24(29)19-12-7-4-8-13-19/h3-16,22,25H,2,17H2,1H3,(H,26,28)(H,27,29). The minimum absolute atomic E-state index is 0.124. The average Bonchev–Trinajstić information content (AvgIpc) is 2.76. The van der Waals surface area contributed by atoms with Crippen molar-refractivity contribution in [3.8, 4) is 0 Å². The molecule has 0 aliphatic carbocycles. The Kier molecular flexibility index (Phi) is 7.14. The second-order valence-electron chi connectivity index (χ2n) is 6.70. The lowest BCUT2D eigenvalue weighted by molar-refractivity contribution is -0.115. The number of hydrogen-bond acceptors (Lipinski definition) is 3. The number of carbonyl (C=O) groups excluding carboxylic acids is 2. The quantitative estimate of drug-likeness (QED) is 0.528. The van der Waals surface area contributed by atoms with Crippen molar-refractivity contribution in [2.75, 3.05) is 17.2 Å². The molecule has 1 atom stereocenters. The van der Waals surface area contributed by atoms with Gasteiger partial charge in [-0.05, 0) is 42.3 Å². The highest BCUT2D eigenvalue weighted by Crippen LogP contribution is 2.17. The molecule has 0 radical (unpaired) electrons. The Morgan fingerprint density at radius 3 is 2.07 bits per heavy atom. The second-order valence-corrected chi connectivity index (χ2v) is 6.70. The summed E-state index contributed by atoms with van der Waals surface area (Å²) in [5.41, 5.74) is 3.00. The minimum Gasteiger partial charge on any atom is -0.325 e. The largest absolute Gasteiger partial charge is 0.325 e. The van der Waals surface area contributed by atoms with Crippen molar-refractivity contribution in [3.05, 3.63) is 96.1 Å². The molecule has 0 spiro atoms. The van der Waals surface area contributed by atoms with Crippen LogP contribution in [0.4, 0.5) is 11.4 Å². The van der Waals surface area contributed by atoms with Crippen LogP contribution in [-0.4, -0.2) is 18.4 Å². The predicted octanol–water partition coefficient (Wildman–Crippen LogP) is 4.62. The number of rotatable bonds is 8. The molecule has 0 bridgehead atoms. The van der Waals surface area contributed by atoms with Gasteiger partial charge in [0.1, 0.15) is 0 Å². The Morgan fingerprint density at radius 1 is 0.793 bits per heavy atom. The lowest BCUT2D eigenvalue weighted by atomic mass is 10.0. The zero-order valence-electron chi connectivity index (χ0n) is 16.4. The van der Waals surface area contributed by atoms with Gasteiger partial charge in [-0.25, -0.2) is 0 Å². The van der Waals surface area contributed by atoms with E-state index in [1.165, 1.54) is 0 Å². The van der Waals surface area contributed by atoms with Crippen LogP contribution >= 0.6 is 0 Å². The molecule has 3 aromatic carbocycles. The van der Waals surface area contributed by atoms with Crippen LogP contribution in [0.2, 0.25) is 0 Å². The number of benzene rings is 3. The Labute approximate surface area is 171 Å². The maximum Gasteiger partial charge on any atom is 0.255 e. The molecular weight excluding hydrogens is 362 g/mol. The molecule has 29 heavy (non-hydrogen) atoms. The molecule has 148 valence electrons. The number of anilines is 2. The van der Waals surface area contributed by atoms with E-state index in [1.54, 1.807) is 36.4 Å². The van der Waals surface area contributed by atoms with Crippen molar-refractivity contribution in [2.45, 2.75) is 19.4 Å². The van der Waals surface area contributed by atoms with E-state index in [1.807, 2.05) is 36.4 Å². The third-order valence-electron chi connectivity index (χ3n) is 4.56. The van der Waals surface area contributed by atoms with Gasteiger partial charge in [-0.3, -0.25) is 9.59 Å². The number of amides is 2. The molecule has 0 saturated heterocycles. The van der Waals surface area contributed by atoms with Crippen molar-refractivity contribution >= 4 is 23.2 Å². The molecule has 0 aromatic heterocycles. The van der Waals surface area contributed by atoms with Crippen LogP contribution in [0.15, 0.2) is 84.9 Å². The normalized spacial score (nSPS) is 11.5. The zero-order valence-corrected chi connectivity index (χ0v) is 16.4. The molecular formula is C24H25N3O2. The van der Waals surface area contributed by atoms with Crippen molar-refractivity contribution in [3.63, 3.8) is 0 Å². The van der Waals surface area contributed by atoms with Gasteiger partial charge in [-0.15, -0.1) is 0 Å². The second kappa shape index (κ2) is 10.2. The van der Waals surface area contributed by atoms with Gasteiger partial charge in [0.15, 0.2) is 0 Å². The third-order valence-corrected chi connectivity index (χ3v) is 4.56. The summed E-state index contributed by atoms with van der Waals surface area (Å²) in [5, 5.41) is 9.01. The molecule has 5 heteroatoms. The lowest BCUT2D eigenvalue weighted by Gasteiger charge is -2.17. The van der Waals surface area contributed by atoms with Gasteiger partial charge in [0.05, 0.1) is 6.54 Å². The Bertz CT molecular complexity index is 943. The highest BCUT2D eigenvalue weighted by molar-refractivity contribution is 6.04. The predicted molar refractivity (Wildman–Crippen MR) is 117 cm³/mol. The number of nitrogens with one attached hydrogen (secondary N) is 3. The molecule has 3 N–H and O–H groups in total. The summed E-state index contributed by atoms with van der Waals surface area (Å²) in [4.78, 5) is 24.6. The lowest BCUT2D eigenvalue weighted by Crippen LogP contribution is -2.31. The third kappa shape index (κ3) is 6.02. The van der Waals surface area contributed by atoms with Crippen LogP contribution in [0.25, 0.3) is 0 Å². The van der Waals surface area contributed by atoms with E-state index in [0.717, 1.165) is 12.0 Å². The Morgan fingerprint density at radius 2 is 1.41 bits per heavy atom. The van der Waals surface area contributed by atoms with Crippen LogP contribution < -0.4 is 16.0 Å². The first kappa shape index (κ1) is 20.3. The molecule has 3 aromatic rings. The SMILES string of the molecule is CCC(NCC(=O)Nc1cccc(NC(=O)c2ccccc2)c1)c1ccccc1. The molecule has 0 heterocycles. The number of carbonyl (C=O) groups is 2. The zero-order chi connectivity index (χ0) is 20.5. The van der Waals surface area contributed by atoms with E-state index >= 15 is 0 Å². The van der Waals surface area contributed by atoms with E-state index in [0.29, 0.717) is 16.9 Å². The van der Waals surface area contributed by atoms with E-state index in [4.69, 9.17) is 0 Å². The van der Waals surface area contributed by atoms with Crippen LogP contribution in [0.3, 0.4) is 0 Å².